The molecule has 0 heterocycles. The van der Waals surface area contributed by atoms with E-state index in [1.807, 2.05) is 19.9 Å². The van der Waals surface area contributed by atoms with Crippen molar-refractivity contribution < 1.29 is 9.53 Å². The number of carbonyl (C=O) groups excluding carboxylic acids is 1. The maximum absolute atomic E-state index is 12.1. The molecule has 0 aliphatic heterocycles. The lowest BCUT2D eigenvalue weighted by Crippen LogP contribution is -2.06. The van der Waals surface area contributed by atoms with Crippen LogP contribution in [0.25, 0.3) is 0 Å². The van der Waals surface area contributed by atoms with Crippen molar-refractivity contribution in [3.05, 3.63) is 28.3 Å². The molecule has 4 heteroatoms. The number of benzene rings is 1. The van der Waals surface area contributed by atoms with E-state index >= 15 is 0 Å². The molecule has 2 nitrogen and oxygen atoms in total. The SMILES string of the molecule is COc1c(C(=O)CCCCl)cc(Cl)cc1C(C)C. The molecular formula is C14H18Cl2O2. The van der Waals surface area contributed by atoms with Gasteiger partial charge in [-0.05, 0) is 30.0 Å². The molecule has 0 radical (unpaired) electrons. The van der Waals surface area contributed by atoms with Crippen LogP contribution < -0.4 is 4.74 Å². The normalized spacial score (nSPS) is 10.8. The predicted octanol–water partition coefficient (Wildman–Crippen LogP) is 4.67. The molecule has 0 saturated heterocycles. The van der Waals surface area contributed by atoms with Crippen LogP contribution in [0.15, 0.2) is 12.1 Å². The zero-order valence-corrected chi connectivity index (χ0v) is 12.4. The Bertz CT molecular complexity index is 428. The van der Waals surface area contributed by atoms with Crippen molar-refractivity contribution in [3.8, 4) is 5.75 Å². The fourth-order valence-corrected chi connectivity index (χ4v) is 2.20. The molecule has 0 spiro atoms. The number of methoxy groups -OCH3 is 1. The quantitative estimate of drug-likeness (QED) is 0.561. The number of hydrogen-bond donors (Lipinski definition) is 0. The Morgan fingerprint density at radius 3 is 2.56 bits per heavy atom. The summed E-state index contributed by atoms with van der Waals surface area (Å²) < 4.78 is 5.38. The van der Waals surface area contributed by atoms with Crippen molar-refractivity contribution >= 4 is 29.0 Å². The van der Waals surface area contributed by atoms with Crippen LogP contribution in [0, 0.1) is 0 Å². The van der Waals surface area contributed by atoms with Gasteiger partial charge in [0.05, 0.1) is 12.7 Å². The highest BCUT2D eigenvalue weighted by molar-refractivity contribution is 6.31. The average molecular weight is 289 g/mol. The van der Waals surface area contributed by atoms with Gasteiger partial charge in [0.25, 0.3) is 0 Å². The summed E-state index contributed by atoms with van der Waals surface area (Å²) in [6, 6.07) is 3.52. The van der Waals surface area contributed by atoms with Crippen molar-refractivity contribution in [2.75, 3.05) is 13.0 Å². The molecular weight excluding hydrogens is 271 g/mol. The Labute approximate surface area is 118 Å². The van der Waals surface area contributed by atoms with Gasteiger partial charge in [-0.25, -0.2) is 0 Å². The minimum absolute atomic E-state index is 0.0249. The zero-order chi connectivity index (χ0) is 13.7. The van der Waals surface area contributed by atoms with Gasteiger partial charge in [0.2, 0.25) is 0 Å². The van der Waals surface area contributed by atoms with Crippen LogP contribution in [-0.2, 0) is 0 Å². The topological polar surface area (TPSA) is 26.3 Å². The molecule has 0 saturated carbocycles. The standard InChI is InChI=1S/C14H18Cl2O2/c1-9(2)11-7-10(16)8-12(14(11)18-3)13(17)5-4-6-15/h7-9H,4-6H2,1-3H3. The van der Waals surface area contributed by atoms with Crippen LogP contribution in [0.1, 0.15) is 48.5 Å². The van der Waals surface area contributed by atoms with E-state index in [-0.39, 0.29) is 11.7 Å². The molecule has 0 amide bonds. The van der Waals surface area contributed by atoms with Crippen LogP contribution >= 0.6 is 23.2 Å². The Kier molecular flexibility index (Phi) is 5.97. The fraction of sp³-hybridized carbons (Fsp3) is 0.500. The molecule has 0 fully saturated rings. The highest BCUT2D eigenvalue weighted by Gasteiger charge is 2.18. The fourth-order valence-electron chi connectivity index (χ4n) is 1.84. The summed E-state index contributed by atoms with van der Waals surface area (Å²) in [6.07, 6.45) is 1.07. The van der Waals surface area contributed by atoms with E-state index < -0.39 is 0 Å². The third kappa shape index (κ3) is 3.63. The molecule has 100 valence electrons. The second-order valence-corrected chi connectivity index (χ2v) is 5.26. The summed E-state index contributed by atoms with van der Waals surface area (Å²) in [5.74, 6) is 1.38. The summed E-state index contributed by atoms with van der Waals surface area (Å²) >= 11 is 11.7. The highest BCUT2D eigenvalue weighted by Crippen LogP contribution is 2.34. The molecule has 0 unspecified atom stereocenters. The van der Waals surface area contributed by atoms with Crippen molar-refractivity contribution in [2.24, 2.45) is 0 Å². The minimum Gasteiger partial charge on any atom is -0.496 e. The summed E-state index contributed by atoms with van der Waals surface area (Å²) in [7, 11) is 1.58. The predicted molar refractivity (Wildman–Crippen MR) is 76.4 cm³/mol. The number of ketones is 1. The van der Waals surface area contributed by atoms with Crippen molar-refractivity contribution in [3.63, 3.8) is 0 Å². The van der Waals surface area contributed by atoms with Crippen molar-refractivity contribution in [1.29, 1.82) is 0 Å². The van der Waals surface area contributed by atoms with Crippen LogP contribution in [-0.4, -0.2) is 18.8 Å². The van der Waals surface area contributed by atoms with Crippen molar-refractivity contribution in [2.45, 2.75) is 32.6 Å². The average Bonchev–Trinajstić information content (AvgIpc) is 2.34. The number of Topliss-reactive ketones (excluding diaryl/α,β-unsaturated/α-hetero) is 1. The summed E-state index contributed by atoms with van der Waals surface area (Å²) in [4.78, 5) is 12.1. The molecule has 18 heavy (non-hydrogen) atoms. The van der Waals surface area contributed by atoms with E-state index in [1.54, 1.807) is 13.2 Å². The maximum Gasteiger partial charge on any atom is 0.166 e. The van der Waals surface area contributed by atoms with Crippen molar-refractivity contribution in [1.82, 2.24) is 0 Å². The number of halogens is 2. The molecule has 1 aromatic carbocycles. The first-order valence-electron chi connectivity index (χ1n) is 5.97. The van der Waals surface area contributed by atoms with Gasteiger partial charge in [-0.15, -0.1) is 11.6 Å². The lowest BCUT2D eigenvalue weighted by atomic mass is 9.96. The van der Waals surface area contributed by atoms with E-state index in [0.717, 1.165) is 5.56 Å². The Hall–Kier alpha value is -0.730. The van der Waals surface area contributed by atoms with Crippen LogP contribution in [0.2, 0.25) is 5.02 Å². The molecule has 0 bridgehead atoms. The lowest BCUT2D eigenvalue weighted by Gasteiger charge is -2.16. The number of carbonyl (C=O) groups is 1. The van der Waals surface area contributed by atoms with Crippen LogP contribution in [0.5, 0.6) is 5.75 Å². The molecule has 0 aliphatic rings. The lowest BCUT2D eigenvalue weighted by molar-refractivity contribution is 0.0979. The Morgan fingerprint density at radius 1 is 1.39 bits per heavy atom. The highest BCUT2D eigenvalue weighted by atomic mass is 35.5. The molecule has 0 aliphatic carbocycles. The number of alkyl halides is 1. The van der Waals surface area contributed by atoms with Gasteiger partial charge >= 0.3 is 0 Å². The monoisotopic (exact) mass is 288 g/mol. The largest absolute Gasteiger partial charge is 0.496 e. The van der Waals surface area contributed by atoms with Gasteiger partial charge in [-0.2, -0.15) is 0 Å². The molecule has 0 N–H and O–H groups in total. The smallest absolute Gasteiger partial charge is 0.166 e. The maximum atomic E-state index is 12.1. The van der Waals surface area contributed by atoms with E-state index in [9.17, 15) is 4.79 Å². The second-order valence-electron chi connectivity index (χ2n) is 4.45. The van der Waals surface area contributed by atoms with E-state index in [2.05, 4.69) is 0 Å². The molecule has 1 rings (SSSR count). The first-order chi connectivity index (χ1) is 8.51. The first kappa shape index (κ1) is 15.3. The van der Waals surface area contributed by atoms with Gasteiger partial charge in [0, 0.05) is 17.3 Å². The van der Waals surface area contributed by atoms with Gasteiger partial charge in [0.1, 0.15) is 5.75 Å². The molecule has 0 atom stereocenters. The second kappa shape index (κ2) is 7.01. The first-order valence-corrected chi connectivity index (χ1v) is 6.89. The molecule has 1 aromatic rings. The Balaban J connectivity index is 3.20. The summed E-state index contributed by atoms with van der Waals surface area (Å²) in [5, 5.41) is 0.564. The van der Waals surface area contributed by atoms with Gasteiger partial charge < -0.3 is 4.74 Å². The summed E-state index contributed by atoms with van der Waals surface area (Å²) in [5.41, 5.74) is 1.51. The number of rotatable bonds is 6. The van der Waals surface area contributed by atoms with Gasteiger partial charge in [0.15, 0.2) is 5.78 Å². The van der Waals surface area contributed by atoms with Crippen LogP contribution in [0.3, 0.4) is 0 Å². The van der Waals surface area contributed by atoms with Gasteiger partial charge in [-0.3, -0.25) is 4.79 Å². The summed E-state index contributed by atoms with van der Waals surface area (Å²) in [6.45, 7) is 4.09. The number of hydrogen-bond acceptors (Lipinski definition) is 2. The van der Waals surface area contributed by atoms with Gasteiger partial charge in [-0.1, -0.05) is 25.4 Å². The Morgan fingerprint density at radius 2 is 2.06 bits per heavy atom. The zero-order valence-electron chi connectivity index (χ0n) is 10.9. The minimum atomic E-state index is 0.0249. The van der Waals surface area contributed by atoms with E-state index in [0.29, 0.717) is 35.1 Å². The third-order valence-electron chi connectivity index (χ3n) is 2.75. The van der Waals surface area contributed by atoms with E-state index in [4.69, 9.17) is 27.9 Å². The van der Waals surface area contributed by atoms with E-state index in [1.165, 1.54) is 0 Å². The third-order valence-corrected chi connectivity index (χ3v) is 3.23. The number of ether oxygens (including phenoxy) is 1. The van der Waals surface area contributed by atoms with Crippen LogP contribution in [0.4, 0.5) is 0 Å². The molecule has 0 aromatic heterocycles.